The number of aromatic amines is 1. The molecule has 1 unspecified atom stereocenters. The van der Waals surface area contributed by atoms with E-state index in [1.807, 2.05) is 28.0 Å². The Kier molecular flexibility index (Phi) is 9.34. The lowest BCUT2D eigenvalue weighted by molar-refractivity contribution is -0.137. The summed E-state index contributed by atoms with van der Waals surface area (Å²) in [6, 6.07) is 16.0. The SMILES string of the molecule is CS(=O)(=O)N1CCc2cccc(Nc3nc(Nc4ccc(N5CCN(C(=O)C6CN(c7ccc8c(c7)C(=O)N(C7CCC(=O)NC7=O)C8=O)C6)CC5)c(F)c4)nc4[nH]ccc34)c21. The van der Waals surface area contributed by atoms with Crippen molar-refractivity contribution >= 4 is 90.8 Å². The number of nitrogens with one attached hydrogen (secondary N) is 4. The van der Waals surface area contributed by atoms with E-state index in [1.165, 1.54) is 16.6 Å². The fourth-order valence-electron chi connectivity index (χ4n) is 8.97. The topological polar surface area (TPSA) is 213 Å². The number of hydrogen-bond acceptors (Lipinski definition) is 13. The molecule has 4 N–H and O–H groups in total. The van der Waals surface area contributed by atoms with E-state index in [4.69, 9.17) is 4.98 Å². The molecular formula is C42H40FN11O7S. The molecule has 3 fully saturated rings. The van der Waals surface area contributed by atoms with Gasteiger partial charge in [-0.2, -0.15) is 9.97 Å². The highest BCUT2D eigenvalue weighted by molar-refractivity contribution is 7.92. The number of sulfonamides is 1. The summed E-state index contributed by atoms with van der Waals surface area (Å²) >= 11 is 0. The molecule has 18 nitrogen and oxygen atoms in total. The smallest absolute Gasteiger partial charge is 0.262 e. The van der Waals surface area contributed by atoms with E-state index >= 15 is 4.39 Å². The van der Waals surface area contributed by atoms with Gasteiger partial charge in [0.25, 0.3) is 11.8 Å². The fourth-order valence-corrected chi connectivity index (χ4v) is 9.94. The van der Waals surface area contributed by atoms with Gasteiger partial charge in [-0.05, 0) is 66.9 Å². The molecule has 10 rings (SSSR count). The van der Waals surface area contributed by atoms with Crippen LogP contribution in [0.15, 0.2) is 66.9 Å². The number of para-hydroxylation sites is 1. The quantitative estimate of drug-likeness (QED) is 0.157. The van der Waals surface area contributed by atoms with E-state index in [9.17, 15) is 32.4 Å². The second kappa shape index (κ2) is 14.8. The summed E-state index contributed by atoms with van der Waals surface area (Å²) in [5.41, 5.74) is 4.48. The number of aromatic nitrogens is 3. The molecule has 3 saturated heterocycles. The zero-order valence-corrected chi connectivity index (χ0v) is 34.2. The number of benzene rings is 3. The number of imide groups is 2. The molecule has 0 bridgehead atoms. The number of piperazine rings is 1. The Morgan fingerprint density at radius 1 is 0.855 bits per heavy atom. The lowest BCUT2D eigenvalue weighted by atomic mass is 9.96. The number of hydrogen-bond donors (Lipinski definition) is 4. The van der Waals surface area contributed by atoms with Gasteiger partial charge in [0.05, 0.1) is 45.7 Å². The largest absolute Gasteiger partial charge is 0.370 e. The van der Waals surface area contributed by atoms with Crippen LogP contribution in [0.1, 0.15) is 39.1 Å². The van der Waals surface area contributed by atoms with Crippen LogP contribution in [0.5, 0.6) is 0 Å². The van der Waals surface area contributed by atoms with Crippen molar-refractivity contribution in [2.24, 2.45) is 5.92 Å². The molecular weight excluding hydrogens is 822 g/mol. The minimum atomic E-state index is -3.50. The maximum atomic E-state index is 15.7. The van der Waals surface area contributed by atoms with Crippen LogP contribution in [0.4, 0.5) is 44.6 Å². The summed E-state index contributed by atoms with van der Waals surface area (Å²) in [7, 11) is -3.50. The lowest BCUT2D eigenvalue weighted by Crippen LogP contribution is -2.58. The molecule has 2 aromatic heterocycles. The average molecular weight is 862 g/mol. The first-order valence-corrected chi connectivity index (χ1v) is 22.1. The standard InChI is InChI=1S/C42H40FN11O7S/c1-62(60,61)53-14-12-23-3-2-4-31(35(23)53)46-37-28-11-13-44-36(28)48-42(49-37)45-25-5-8-32(30(43)19-25)50-15-17-51(18-16-50)39(57)24-21-52(22-24)26-6-7-27-29(20-26)41(59)54(40(27)58)33-9-10-34(55)47-38(33)56/h2-8,11,13,19-20,24,33H,9-10,12,14-18,21-22H2,1H3,(H,47,55,56)(H3,44,45,46,48,49). The van der Waals surface area contributed by atoms with E-state index in [2.05, 4.69) is 25.9 Å². The van der Waals surface area contributed by atoms with Gasteiger partial charge in [-0.3, -0.25) is 38.5 Å². The van der Waals surface area contributed by atoms with Crippen molar-refractivity contribution in [2.75, 3.05) is 76.8 Å². The first kappa shape index (κ1) is 39.1. The minimum Gasteiger partial charge on any atom is -0.370 e. The number of fused-ring (bicyclic) bond motifs is 3. The van der Waals surface area contributed by atoms with Crippen LogP contribution in [-0.4, -0.2) is 121 Å². The summed E-state index contributed by atoms with van der Waals surface area (Å²) in [6.45, 7) is 2.88. The van der Waals surface area contributed by atoms with Gasteiger partial charge in [0.1, 0.15) is 23.3 Å². The van der Waals surface area contributed by atoms with Crippen molar-refractivity contribution in [2.45, 2.75) is 25.3 Å². The number of anilines is 7. The number of nitrogens with zero attached hydrogens (tertiary/aromatic N) is 7. The van der Waals surface area contributed by atoms with Gasteiger partial charge >= 0.3 is 0 Å². The molecule has 5 amide bonds. The molecule has 5 aliphatic rings. The van der Waals surface area contributed by atoms with Crippen LogP contribution in [0.2, 0.25) is 0 Å². The van der Waals surface area contributed by atoms with Crippen LogP contribution in [0.25, 0.3) is 11.0 Å². The van der Waals surface area contributed by atoms with Crippen molar-refractivity contribution in [3.63, 3.8) is 0 Å². The Balaban J connectivity index is 0.754. The summed E-state index contributed by atoms with van der Waals surface area (Å²) < 4.78 is 42.3. The number of rotatable bonds is 9. The van der Waals surface area contributed by atoms with Crippen molar-refractivity contribution in [1.29, 1.82) is 0 Å². The molecule has 5 aliphatic heterocycles. The lowest BCUT2D eigenvalue weighted by Gasteiger charge is -2.44. The predicted octanol–water partition coefficient (Wildman–Crippen LogP) is 3.09. The van der Waals surface area contributed by atoms with Crippen LogP contribution in [0.3, 0.4) is 0 Å². The second-order valence-electron chi connectivity index (χ2n) is 16.0. The Morgan fingerprint density at radius 2 is 1.65 bits per heavy atom. The Hall–Kier alpha value is -7.09. The van der Waals surface area contributed by atoms with E-state index < -0.39 is 45.5 Å². The van der Waals surface area contributed by atoms with Crippen LogP contribution in [-0.2, 0) is 30.8 Å². The zero-order chi connectivity index (χ0) is 43.0. The third-order valence-corrected chi connectivity index (χ3v) is 13.3. The van der Waals surface area contributed by atoms with Crippen molar-refractivity contribution < 1.29 is 36.8 Å². The second-order valence-corrected chi connectivity index (χ2v) is 17.9. The first-order valence-electron chi connectivity index (χ1n) is 20.2. The Morgan fingerprint density at radius 3 is 2.40 bits per heavy atom. The molecule has 7 heterocycles. The zero-order valence-electron chi connectivity index (χ0n) is 33.4. The van der Waals surface area contributed by atoms with E-state index in [-0.39, 0.29) is 41.7 Å². The van der Waals surface area contributed by atoms with Crippen LogP contribution >= 0.6 is 0 Å². The van der Waals surface area contributed by atoms with E-state index in [0.717, 1.165) is 10.5 Å². The number of H-pyrrole nitrogens is 1. The fraction of sp³-hybridized carbons (Fsp3) is 0.310. The average Bonchev–Trinajstić information content (AvgIpc) is 3.95. The molecule has 0 spiro atoms. The highest BCUT2D eigenvalue weighted by Crippen LogP contribution is 2.40. The molecule has 1 atom stereocenters. The van der Waals surface area contributed by atoms with E-state index in [0.29, 0.717) is 97.5 Å². The molecule has 20 heteroatoms. The summed E-state index contributed by atoms with van der Waals surface area (Å²) in [4.78, 5) is 82.9. The molecule has 0 saturated carbocycles. The van der Waals surface area contributed by atoms with Gasteiger partial charge < -0.3 is 30.3 Å². The third kappa shape index (κ3) is 6.79. The van der Waals surface area contributed by atoms with Crippen molar-refractivity contribution in [1.82, 2.24) is 30.1 Å². The number of carbonyl (C=O) groups is 5. The van der Waals surface area contributed by atoms with Crippen molar-refractivity contribution in [3.05, 3.63) is 89.4 Å². The molecule has 0 aliphatic carbocycles. The van der Waals surface area contributed by atoms with Gasteiger partial charge in [-0.25, -0.2) is 12.8 Å². The monoisotopic (exact) mass is 861 g/mol. The molecule has 62 heavy (non-hydrogen) atoms. The third-order valence-electron chi connectivity index (χ3n) is 12.2. The molecule has 0 radical (unpaired) electrons. The maximum absolute atomic E-state index is 15.7. The number of carbonyl (C=O) groups excluding carboxylic acids is 5. The van der Waals surface area contributed by atoms with Gasteiger partial charge in [-0.15, -0.1) is 0 Å². The first-order chi connectivity index (χ1) is 29.8. The highest BCUT2D eigenvalue weighted by Gasteiger charge is 2.45. The van der Waals surface area contributed by atoms with Crippen molar-refractivity contribution in [3.8, 4) is 0 Å². The highest BCUT2D eigenvalue weighted by atomic mass is 32.2. The van der Waals surface area contributed by atoms with Crippen LogP contribution < -0.4 is 30.1 Å². The van der Waals surface area contributed by atoms with Gasteiger partial charge in [0.2, 0.25) is 33.7 Å². The summed E-state index contributed by atoms with van der Waals surface area (Å²) in [6.07, 6.45) is 3.61. The van der Waals surface area contributed by atoms with Gasteiger partial charge in [-0.1, -0.05) is 12.1 Å². The Bertz CT molecular complexity index is 2860. The van der Waals surface area contributed by atoms with E-state index in [1.54, 1.807) is 47.5 Å². The van der Waals surface area contributed by atoms with Gasteiger partial charge in [0, 0.05) is 69.8 Å². The summed E-state index contributed by atoms with van der Waals surface area (Å²) in [5.74, 6) is -2.37. The maximum Gasteiger partial charge on any atom is 0.262 e. The number of amides is 5. The summed E-state index contributed by atoms with van der Waals surface area (Å²) in [5, 5.41) is 9.30. The number of halogens is 1. The normalized spacial score (nSPS) is 19.2. The van der Waals surface area contributed by atoms with Crippen LogP contribution in [0, 0.1) is 11.7 Å². The minimum absolute atomic E-state index is 0.00497. The number of piperidine rings is 1. The predicted molar refractivity (Wildman–Crippen MR) is 227 cm³/mol. The molecule has 5 aromatic rings. The Labute approximate surface area is 354 Å². The molecule has 3 aromatic carbocycles. The van der Waals surface area contributed by atoms with Gasteiger partial charge in [0.15, 0.2) is 0 Å². The molecule has 318 valence electrons.